The van der Waals surface area contributed by atoms with Crippen molar-refractivity contribution >= 4 is 27.7 Å². The third-order valence-electron chi connectivity index (χ3n) is 3.93. The van der Waals surface area contributed by atoms with E-state index in [1.54, 1.807) is 23.1 Å². The third-order valence-corrected chi connectivity index (χ3v) is 5.27. The molecule has 1 heterocycles. The van der Waals surface area contributed by atoms with Gasteiger partial charge >= 0.3 is 0 Å². The number of carbonyl (C=O) groups is 1. The molecule has 0 unspecified atom stereocenters. The second-order valence-electron chi connectivity index (χ2n) is 7.10. The van der Waals surface area contributed by atoms with Gasteiger partial charge in [-0.3, -0.25) is 4.79 Å². The van der Waals surface area contributed by atoms with Gasteiger partial charge < -0.3 is 16.4 Å². The summed E-state index contributed by atoms with van der Waals surface area (Å²) in [6.07, 6.45) is 0.384. The van der Waals surface area contributed by atoms with Crippen molar-refractivity contribution in [3.63, 3.8) is 0 Å². The Bertz CT molecular complexity index is 960. The maximum absolute atomic E-state index is 12.6. The van der Waals surface area contributed by atoms with Gasteiger partial charge in [-0.25, -0.2) is 18.1 Å². The van der Waals surface area contributed by atoms with Crippen molar-refractivity contribution < 1.29 is 13.2 Å². The van der Waals surface area contributed by atoms with Crippen LogP contribution in [0.1, 0.15) is 20.3 Å². The van der Waals surface area contributed by atoms with Gasteiger partial charge in [0, 0.05) is 25.7 Å². The zero-order valence-electron chi connectivity index (χ0n) is 16.4. The standard InChI is InChI=1S/C18H26N6O3S/c1-11(2)8-14(19)17(25)23-28(26,27)13-7-5-6-12(9-13)15-10-16(24(3)4)22-18(20)21-15/h5-7,9-11,14H,8,19H2,1-4H3,(H,23,25)(H2,20,21,22)/t14-/m0/s1. The highest BCUT2D eigenvalue weighted by Crippen LogP contribution is 2.24. The van der Waals surface area contributed by atoms with Crippen LogP contribution in [0.4, 0.5) is 11.8 Å². The minimum absolute atomic E-state index is 0.0707. The molecule has 0 saturated heterocycles. The molecule has 0 radical (unpaired) electrons. The Hall–Kier alpha value is -2.72. The van der Waals surface area contributed by atoms with Gasteiger partial charge in [-0.1, -0.05) is 26.0 Å². The Labute approximate surface area is 165 Å². The number of nitrogens with zero attached hydrogens (tertiary/aromatic N) is 3. The summed E-state index contributed by atoms with van der Waals surface area (Å²) in [6.45, 7) is 3.81. The van der Waals surface area contributed by atoms with Crippen molar-refractivity contribution in [3.05, 3.63) is 30.3 Å². The van der Waals surface area contributed by atoms with Crippen LogP contribution in [0, 0.1) is 5.92 Å². The number of sulfonamides is 1. The molecular weight excluding hydrogens is 380 g/mol. The minimum atomic E-state index is -4.07. The molecule has 0 spiro atoms. The summed E-state index contributed by atoms with van der Waals surface area (Å²) >= 11 is 0. The van der Waals surface area contributed by atoms with Gasteiger partial charge in [-0.05, 0) is 24.5 Å². The minimum Gasteiger partial charge on any atom is -0.368 e. The molecule has 28 heavy (non-hydrogen) atoms. The van der Waals surface area contributed by atoms with E-state index in [4.69, 9.17) is 11.5 Å². The number of rotatable bonds is 7. The summed E-state index contributed by atoms with van der Waals surface area (Å²) < 4.78 is 27.3. The topological polar surface area (TPSA) is 144 Å². The Morgan fingerprint density at radius 2 is 1.89 bits per heavy atom. The molecule has 0 bridgehead atoms. The summed E-state index contributed by atoms with van der Waals surface area (Å²) in [7, 11) is -0.456. The van der Waals surface area contributed by atoms with E-state index < -0.39 is 22.0 Å². The van der Waals surface area contributed by atoms with E-state index >= 15 is 0 Å². The monoisotopic (exact) mass is 406 g/mol. The van der Waals surface area contributed by atoms with E-state index in [9.17, 15) is 13.2 Å². The highest BCUT2D eigenvalue weighted by Gasteiger charge is 2.23. The number of benzene rings is 1. The van der Waals surface area contributed by atoms with Gasteiger partial charge in [-0.15, -0.1) is 0 Å². The lowest BCUT2D eigenvalue weighted by Gasteiger charge is -2.15. The van der Waals surface area contributed by atoms with Crippen LogP contribution in [0.15, 0.2) is 35.2 Å². The Morgan fingerprint density at radius 1 is 1.21 bits per heavy atom. The fourth-order valence-corrected chi connectivity index (χ4v) is 3.61. The molecule has 1 aromatic heterocycles. The van der Waals surface area contributed by atoms with Crippen LogP contribution in [-0.4, -0.2) is 44.4 Å². The van der Waals surface area contributed by atoms with Crippen molar-refractivity contribution in [2.75, 3.05) is 24.7 Å². The normalized spacial score (nSPS) is 12.6. The molecule has 2 rings (SSSR count). The van der Waals surface area contributed by atoms with E-state index in [1.807, 2.05) is 32.7 Å². The lowest BCUT2D eigenvalue weighted by molar-refractivity contribution is -0.120. The predicted octanol–water partition coefficient (Wildman–Crippen LogP) is 0.970. The van der Waals surface area contributed by atoms with Gasteiger partial charge in [0.1, 0.15) is 5.82 Å². The molecule has 2 aromatic rings. The summed E-state index contributed by atoms with van der Waals surface area (Å²) in [4.78, 5) is 22.1. The van der Waals surface area contributed by atoms with E-state index in [0.717, 1.165) is 0 Å². The van der Waals surface area contributed by atoms with Gasteiger partial charge in [0.2, 0.25) is 5.95 Å². The zero-order valence-corrected chi connectivity index (χ0v) is 17.2. The van der Waals surface area contributed by atoms with E-state index in [0.29, 0.717) is 23.5 Å². The fourth-order valence-electron chi connectivity index (χ4n) is 2.53. The van der Waals surface area contributed by atoms with Crippen molar-refractivity contribution in [1.29, 1.82) is 0 Å². The number of anilines is 2. The number of hydrogen-bond acceptors (Lipinski definition) is 8. The van der Waals surface area contributed by atoms with E-state index in [2.05, 4.69) is 9.97 Å². The molecule has 0 fully saturated rings. The Balaban J connectivity index is 2.33. The van der Waals surface area contributed by atoms with Crippen molar-refractivity contribution in [3.8, 4) is 11.3 Å². The van der Waals surface area contributed by atoms with Crippen LogP contribution in [0.5, 0.6) is 0 Å². The maximum atomic E-state index is 12.6. The van der Waals surface area contributed by atoms with Crippen molar-refractivity contribution in [1.82, 2.24) is 14.7 Å². The van der Waals surface area contributed by atoms with Crippen LogP contribution in [0.25, 0.3) is 11.3 Å². The smallest absolute Gasteiger partial charge is 0.264 e. The van der Waals surface area contributed by atoms with Crippen LogP contribution >= 0.6 is 0 Å². The first-order chi connectivity index (χ1) is 13.0. The first kappa shape index (κ1) is 21.6. The van der Waals surface area contributed by atoms with Gasteiger partial charge in [0.15, 0.2) is 0 Å². The molecule has 152 valence electrons. The average Bonchev–Trinajstić information content (AvgIpc) is 2.60. The molecule has 0 saturated carbocycles. The second kappa shape index (κ2) is 8.53. The van der Waals surface area contributed by atoms with Crippen molar-refractivity contribution in [2.45, 2.75) is 31.2 Å². The summed E-state index contributed by atoms with van der Waals surface area (Å²) in [5.41, 5.74) is 12.5. The van der Waals surface area contributed by atoms with Gasteiger partial charge in [-0.2, -0.15) is 4.98 Å². The molecule has 0 aliphatic rings. The van der Waals surface area contributed by atoms with Gasteiger partial charge in [0.05, 0.1) is 16.6 Å². The highest BCUT2D eigenvalue weighted by molar-refractivity contribution is 7.90. The van der Waals surface area contributed by atoms with Crippen LogP contribution in [-0.2, 0) is 14.8 Å². The van der Waals surface area contributed by atoms with Crippen LogP contribution < -0.4 is 21.1 Å². The molecular formula is C18H26N6O3S. The summed E-state index contributed by atoms with van der Waals surface area (Å²) in [6, 6.07) is 6.87. The van der Waals surface area contributed by atoms with E-state index in [1.165, 1.54) is 12.1 Å². The highest BCUT2D eigenvalue weighted by atomic mass is 32.2. The number of amides is 1. The summed E-state index contributed by atoms with van der Waals surface area (Å²) in [5, 5.41) is 0. The molecule has 1 amide bonds. The first-order valence-electron chi connectivity index (χ1n) is 8.74. The summed E-state index contributed by atoms with van der Waals surface area (Å²) in [5.74, 6) is 0.0901. The zero-order chi connectivity index (χ0) is 21.1. The number of nitrogens with two attached hydrogens (primary N) is 2. The van der Waals surface area contributed by atoms with Gasteiger partial charge in [0.25, 0.3) is 15.9 Å². The molecule has 1 aromatic carbocycles. The molecule has 0 aliphatic heterocycles. The average molecular weight is 407 g/mol. The SMILES string of the molecule is CC(C)C[C@H](N)C(=O)NS(=O)(=O)c1cccc(-c2cc(N(C)C)nc(N)n2)c1. The Morgan fingerprint density at radius 3 is 2.50 bits per heavy atom. The molecule has 9 nitrogen and oxygen atoms in total. The van der Waals surface area contributed by atoms with E-state index in [-0.39, 0.29) is 16.8 Å². The number of carbonyl (C=O) groups excluding carboxylic acids is 1. The Kier molecular flexibility index (Phi) is 6.57. The number of nitrogens with one attached hydrogen (secondary N) is 1. The number of hydrogen-bond donors (Lipinski definition) is 3. The third kappa shape index (κ3) is 5.40. The second-order valence-corrected chi connectivity index (χ2v) is 8.78. The van der Waals surface area contributed by atoms with Crippen LogP contribution in [0.3, 0.4) is 0 Å². The lowest BCUT2D eigenvalue weighted by Crippen LogP contribution is -2.43. The largest absolute Gasteiger partial charge is 0.368 e. The molecule has 1 atom stereocenters. The number of nitrogen functional groups attached to an aromatic ring is 1. The number of aromatic nitrogens is 2. The maximum Gasteiger partial charge on any atom is 0.264 e. The first-order valence-corrected chi connectivity index (χ1v) is 10.2. The quantitative estimate of drug-likeness (QED) is 0.617. The lowest BCUT2D eigenvalue weighted by atomic mass is 10.0. The molecule has 5 N–H and O–H groups in total. The molecule has 10 heteroatoms. The van der Waals surface area contributed by atoms with Crippen molar-refractivity contribution in [2.24, 2.45) is 11.7 Å². The molecule has 0 aliphatic carbocycles. The van der Waals surface area contributed by atoms with Crippen LogP contribution in [0.2, 0.25) is 0 Å². The fraction of sp³-hybridized carbons (Fsp3) is 0.389. The predicted molar refractivity (Wildman–Crippen MR) is 109 cm³/mol.